The van der Waals surface area contributed by atoms with Gasteiger partial charge in [-0.1, -0.05) is 25.5 Å². The fourth-order valence-corrected chi connectivity index (χ4v) is 2.64. The lowest BCUT2D eigenvalue weighted by molar-refractivity contribution is 0.530. The molecule has 0 amide bonds. The van der Waals surface area contributed by atoms with E-state index in [0.29, 0.717) is 0 Å². The van der Waals surface area contributed by atoms with Crippen molar-refractivity contribution >= 4 is 11.4 Å². The first-order valence-corrected chi connectivity index (χ1v) is 6.32. The molecule has 1 aliphatic heterocycles. The van der Waals surface area contributed by atoms with Crippen molar-refractivity contribution in [1.29, 1.82) is 0 Å². The Morgan fingerprint density at radius 3 is 3.00 bits per heavy atom. The van der Waals surface area contributed by atoms with Crippen molar-refractivity contribution in [2.45, 2.75) is 33.1 Å². The monoisotopic (exact) mass is 218 g/mol. The van der Waals surface area contributed by atoms with Crippen LogP contribution in [0.25, 0.3) is 0 Å². The second-order valence-electron chi connectivity index (χ2n) is 4.90. The fraction of sp³-hybridized carbons (Fsp3) is 0.571. The summed E-state index contributed by atoms with van der Waals surface area (Å²) in [7, 11) is 0. The van der Waals surface area contributed by atoms with Crippen LogP contribution in [0.3, 0.4) is 0 Å². The molecule has 1 aliphatic rings. The van der Waals surface area contributed by atoms with Crippen molar-refractivity contribution in [2.24, 2.45) is 5.92 Å². The van der Waals surface area contributed by atoms with E-state index in [4.69, 9.17) is 5.73 Å². The van der Waals surface area contributed by atoms with Crippen LogP contribution in [-0.2, 0) is 0 Å². The van der Waals surface area contributed by atoms with Crippen molar-refractivity contribution in [1.82, 2.24) is 0 Å². The van der Waals surface area contributed by atoms with E-state index in [9.17, 15) is 0 Å². The van der Waals surface area contributed by atoms with Crippen LogP contribution in [0.2, 0.25) is 0 Å². The fourth-order valence-electron chi connectivity index (χ4n) is 2.64. The van der Waals surface area contributed by atoms with Gasteiger partial charge >= 0.3 is 0 Å². The van der Waals surface area contributed by atoms with Crippen LogP contribution in [-0.4, -0.2) is 13.1 Å². The van der Waals surface area contributed by atoms with Gasteiger partial charge in [0.25, 0.3) is 0 Å². The molecule has 0 aromatic heterocycles. The third kappa shape index (κ3) is 2.16. The minimum absolute atomic E-state index is 0.866. The van der Waals surface area contributed by atoms with Crippen LogP contribution in [0.15, 0.2) is 18.2 Å². The molecule has 16 heavy (non-hydrogen) atoms. The Morgan fingerprint density at radius 2 is 2.25 bits per heavy atom. The van der Waals surface area contributed by atoms with E-state index in [-0.39, 0.29) is 0 Å². The third-order valence-corrected chi connectivity index (χ3v) is 3.62. The molecule has 0 spiro atoms. The molecule has 1 atom stereocenters. The van der Waals surface area contributed by atoms with Gasteiger partial charge in [-0.25, -0.2) is 0 Å². The summed E-state index contributed by atoms with van der Waals surface area (Å²) >= 11 is 0. The van der Waals surface area contributed by atoms with E-state index in [0.717, 1.165) is 11.6 Å². The number of hydrogen-bond acceptors (Lipinski definition) is 2. The van der Waals surface area contributed by atoms with Crippen LogP contribution < -0.4 is 10.6 Å². The summed E-state index contributed by atoms with van der Waals surface area (Å²) < 4.78 is 0. The molecule has 2 heteroatoms. The lowest BCUT2D eigenvalue weighted by Crippen LogP contribution is -2.21. The maximum absolute atomic E-state index is 6.14. The second kappa shape index (κ2) is 4.77. The van der Waals surface area contributed by atoms with Gasteiger partial charge in [-0.2, -0.15) is 0 Å². The number of aryl methyl sites for hydroxylation is 1. The molecule has 0 radical (unpaired) electrons. The number of hydrogen-bond donors (Lipinski definition) is 1. The highest BCUT2D eigenvalue weighted by molar-refractivity contribution is 5.71. The maximum Gasteiger partial charge on any atom is 0.0602 e. The lowest BCUT2D eigenvalue weighted by atomic mass is 10.0. The smallest absolute Gasteiger partial charge is 0.0602 e. The zero-order chi connectivity index (χ0) is 11.5. The summed E-state index contributed by atoms with van der Waals surface area (Å²) in [5.41, 5.74) is 9.52. The van der Waals surface area contributed by atoms with Gasteiger partial charge < -0.3 is 10.6 Å². The van der Waals surface area contributed by atoms with E-state index in [1.54, 1.807) is 0 Å². The topological polar surface area (TPSA) is 29.3 Å². The Labute approximate surface area is 98.4 Å². The number of nitrogens with two attached hydrogens (primary N) is 1. The lowest BCUT2D eigenvalue weighted by Gasteiger charge is -2.21. The van der Waals surface area contributed by atoms with Gasteiger partial charge in [0.15, 0.2) is 0 Å². The Kier molecular flexibility index (Phi) is 3.37. The van der Waals surface area contributed by atoms with Gasteiger partial charge in [0.05, 0.1) is 11.4 Å². The van der Waals surface area contributed by atoms with Crippen molar-refractivity contribution in [3.8, 4) is 0 Å². The van der Waals surface area contributed by atoms with Crippen LogP contribution in [0.1, 0.15) is 31.7 Å². The Balaban J connectivity index is 2.11. The number of benzene rings is 1. The predicted molar refractivity (Wildman–Crippen MR) is 70.8 cm³/mol. The van der Waals surface area contributed by atoms with Gasteiger partial charge in [0, 0.05) is 13.1 Å². The average molecular weight is 218 g/mol. The quantitative estimate of drug-likeness (QED) is 0.789. The molecule has 0 bridgehead atoms. The van der Waals surface area contributed by atoms with E-state index < -0.39 is 0 Å². The third-order valence-electron chi connectivity index (χ3n) is 3.62. The molecule has 1 saturated heterocycles. The summed E-state index contributed by atoms with van der Waals surface area (Å²) in [6, 6.07) is 6.34. The van der Waals surface area contributed by atoms with E-state index in [1.165, 1.54) is 43.6 Å². The highest BCUT2D eigenvalue weighted by atomic mass is 15.2. The highest BCUT2D eigenvalue weighted by Crippen LogP contribution is 2.31. The summed E-state index contributed by atoms with van der Waals surface area (Å²) in [4.78, 5) is 2.45. The minimum Gasteiger partial charge on any atom is -0.397 e. The van der Waals surface area contributed by atoms with Crippen molar-refractivity contribution in [3.05, 3.63) is 23.8 Å². The van der Waals surface area contributed by atoms with Crippen LogP contribution in [0.5, 0.6) is 0 Å². The summed E-state index contributed by atoms with van der Waals surface area (Å²) in [6.07, 6.45) is 3.96. The molecule has 2 rings (SSSR count). The Bertz CT molecular complexity index is 360. The second-order valence-corrected chi connectivity index (χ2v) is 4.90. The molecule has 0 aliphatic carbocycles. The van der Waals surface area contributed by atoms with Crippen molar-refractivity contribution in [2.75, 3.05) is 23.7 Å². The number of nitrogens with zero attached hydrogens (tertiary/aromatic N) is 1. The zero-order valence-corrected chi connectivity index (χ0v) is 10.4. The average Bonchev–Trinajstić information content (AvgIpc) is 2.71. The van der Waals surface area contributed by atoms with Crippen LogP contribution >= 0.6 is 0 Å². The van der Waals surface area contributed by atoms with Crippen LogP contribution in [0, 0.1) is 12.8 Å². The van der Waals surface area contributed by atoms with E-state index >= 15 is 0 Å². The van der Waals surface area contributed by atoms with Gasteiger partial charge in [0.2, 0.25) is 0 Å². The SMILES string of the molecule is CCCC1CCN(c2cccc(C)c2N)C1. The molecule has 1 heterocycles. The first-order valence-electron chi connectivity index (χ1n) is 6.32. The zero-order valence-electron chi connectivity index (χ0n) is 10.4. The maximum atomic E-state index is 6.14. The summed E-state index contributed by atoms with van der Waals surface area (Å²) in [6.45, 7) is 6.70. The number of nitrogen functional groups attached to an aromatic ring is 1. The molecular weight excluding hydrogens is 196 g/mol. The normalized spacial score (nSPS) is 20.4. The minimum atomic E-state index is 0.866. The Hall–Kier alpha value is -1.18. The molecule has 1 aromatic rings. The first-order chi connectivity index (χ1) is 7.72. The molecule has 2 nitrogen and oxygen atoms in total. The summed E-state index contributed by atoms with van der Waals surface area (Å²) in [5, 5.41) is 0. The first kappa shape index (κ1) is 11.3. The summed E-state index contributed by atoms with van der Waals surface area (Å²) in [5.74, 6) is 0.866. The number of rotatable bonds is 3. The van der Waals surface area contributed by atoms with Gasteiger partial charge in [-0.3, -0.25) is 0 Å². The highest BCUT2D eigenvalue weighted by Gasteiger charge is 2.23. The van der Waals surface area contributed by atoms with Crippen molar-refractivity contribution < 1.29 is 0 Å². The molecule has 1 aromatic carbocycles. The van der Waals surface area contributed by atoms with Gasteiger partial charge in [-0.15, -0.1) is 0 Å². The predicted octanol–water partition coefficient (Wildman–Crippen LogP) is 3.20. The molecule has 1 fully saturated rings. The van der Waals surface area contributed by atoms with Gasteiger partial charge in [-0.05, 0) is 37.3 Å². The molecule has 88 valence electrons. The number of anilines is 2. The van der Waals surface area contributed by atoms with E-state index in [1.807, 2.05) is 0 Å². The molecular formula is C14H22N2. The van der Waals surface area contributed by atoms with Gasteiger partial charge in [0.1, 0.15) is 0 Å². The Morgan fingerprint density at radius 1 is 1.44 bits per heavy atom. The largest absolute Gasteiger partial charge is 0.397 e. The molecule has 1 unspecified atom stereocenters. The van der Waals surface area contributed by atoms with E-state index in [2.05, 4.69) is 36.9 Å². The standard InChI is InChI=1S/C14H22N2/c1-3-5-12-8-9-16(10-12)13-7-4-6-11(2)14(13)15/h4,6-7,12H,3,5,8-10,15H2,1-2H3. The molecule has 2 N–H and O–H groups in total. The van der Waals surface area contributed by atoms with Crippen LogP contribution in [0.4, 0.5) is 11.4 Å². The number of para-hydroxylation sites is 1. The molecule has 0 saturated carbocycles. The van der Waals surface area contributed by atoms with Crippen molar-refractivity contribution in [3.63, 3.8) is 0 Å².